The summed E-state index contributed by atoms with van der Waals surface area (Å²) in [5, 5.41) is 4.43. The number of hydrogen-bond donors (Lipinski definition) is 1. The Bertz CT molecular complexity index is 571. The Morgan fingerprint density at radius 1 is 1.41 bits per heavy atom. The largest absolute Gasteiger partial charge is 0.347 e. The molecule has 1 atom stereocenters. The number of nitrogens with one attached hydrogen (secondary N) is 1. The van der Waals surface area contributed by atoms with Crippen molar-refractivity contribution in [3.8, 4) is 0 Å². The Kier molecular flexibility index (Phi) is 2.44. The van der Waals surface area contributed by atoms with E-state index in [2.05, 4.69) is 16.9 Å². The molecule has 3 heteroatoms. The van der Waals surface area contributed by atoms with Gasteiger partial charge in [0.25, 0.3) is 0 Å². The van der Waals surface area contributed by atoms with E-state index >= 15 is 0 Å². The van der Waals surface area contributed by atoms with E-state index in [0.717, 1.165) is 30.2 Å². The van der Waals surface area contributed by atoms with Crippen LogP contribution in [0.5, 0.6) is 0 Å². The zero-order valence-electron chi connectivity index (χ0n) is 10.3. The van der Waals surface area contributed by atoms with Crippen LogP contribution in [0, 0.1) is 5.82 Å². The van der Waals surface area contributed by atoms with Crippen molar-refractivity contribution in [2.75, 3.05) is 7.05 Å². The quantitative estimate of drug-likeness (QED) is 0.799. The molecule has 0 fully saturated rings. The Morgan fingerprint density at radius 2 is 2.24 bits per heavy atom. The maximum atomic E-state index is 13.3. The number of fused-ring (bicyclic) bond motifs is 3. The third kappa shape index (κ3) is 1.57. The maximum absolute atomic E-state index is 13.3. The van der Waals surface area contributed by atoms with Gasteiger partial charge in [0.2, 0.25) is 0 Å². The zero-order chi connectivity index (χ0) is 12.0. The molecule has 3 rings (SSSR count). The van der Waals surface area contributed by atoms with Crippen LogP contribution in [0.3, 0.4) is 0 Å². The third-order valence-corrected chi connectivity index (χ3v) is 3.99. The SMILES string of the molecule is CNC1CCc2c(n(C)c3ccc(F)cc23)C1. The van der Waals surface area contributed by atoms with Crippen LogP contribution in [0.2, 0.25) is 0 Å². The molecule has 0 spiro atoms. The fourth-order valence-corrected chi connectivity index (χ4v) is 2.99. The van der Waals surface area contributed by atoms with Crippen molar-refractivity contribution >= 4 is 10.9 Å². The van der Waals surface area contributed by atoms with E-state index in [1.54, 1.807) is 12.1 Å². The van der Waals surface area contributed by atoms with Crippen molar-refractivity contribution in [1.82, 2.24) is 9.88 Å². The van der Waals surface area contributed by atoms with Gasteiger partial charge in [-0.1, -0.05) is 0 Å². The molecule has 1 N–H and O–H groups in total. The highest BCUT2D eigenvalue weighted by Crippen LogP contribution is 2.31. The molecule has 0 aliphatic heterocycles. The number of aromatic nitrogens is 1. The highest BCUT2D eigenvalue weighted by Gasteiger charge is 2.23. The fourth-order valence-electron chi connectivity index (χ4n) is 2.99. The van der Waals surface area contributed by atoms with Crippen LogP contribution in [-0.4, -0.2) is 17.7 Å². The number of nitrogens with zero attached hydrogens (tertiary/aromatic N) is 1. The first-order valence-electron chi connectivity index (χ1n) is 6.13. The number of hydrogen-bond acceptors (Lipinski definition) is 1. The molecule has 1 heterocycles. The number of likely N-dealkylation sites (N-methyl/N-ethyl adjacent to an activating group) is 1. The molecule has 90 valence electrons. The van der Waals surface area contributed by atoms with Gasteiger partial charge in [-0.15, -0.1) is 0 Å². The van der Waals surface area contributed by atoms with Gasteiger partial charge in [0, 0.05) is 36.1 Å². The average molecular weight is 232 g/mol. The zero-order valence-corrected chi connectivity index (χ0v) is 10.3. The van der Waals surface area contributed by atoms with E-state index in [1.807, 2.05) is 13.1 Å². The lowest BCUT2D eigenvalue weighted by Crippen LogP contribution is -2.32. The fraction of sp³-hybridized carbons (Fsp3) is 0.429. The molecule has 0 saturated heterocycles. The van der Waals surface area contributed by atoms with Crippen molar-refractivity contribution < 1.29 is 4.39 Å². The van der Waals surface area contributed by atoms with Crippen LogP contribution in [-0.2, 0) is 19.9 Å². The maximum Gasteiger partial charge on any atom is 0.123 e. The van der Waals surface area contributed by atoms with Gasteiger partial charge < -0.3 is 9.88 Å². The van der Waals surface area contributed by atoms with E-state index < -0.39 is 0 Å². The molecular weight excluding hydrogens is 215 g/mol. The molecular formula is C14H17FN2. The highest BCUT2D eigenvalue weighted by molar-refractivity contribution is 5.86. The topological polar surface area (TPSA) is 17.0 Å². The second kappa shape index (κ2) is 3.84. The van der Waals surface area contributed by atoms with Crippen LogP contribution in [0.15, 0.2) is 18.2 Å². The molecule has 0 radical (unpaired) electrons. The molecule has 1 aromatic heterocycles. The van der Waals surface area contributed by atoms with Crippen molar-refractivity contribution in [3.63, 3.8) is 0 Å². The van der Waals surface area contributed by atoms with Gasteiger partial charge in [0.15, 0.2) is 0 Å². The van der Waals surface area contributed by atoms with Crippen molar-refractivity contribution in [3.05, 3.63) is 35.3 Å². The summed E-state index contributed by atoms with van der Waals surface area (Å²) >= 11 is 0. The molecule has 0 bridgehead atoms. The van der Waals surface area contributed by atoms with Crippen LogP contribution in [0.1, 0.15) is 17.7 Å². The summed E-state index contributed by atoms with van der Waals surface area (Å²) in [5.41, 5.74) is 3.85. The Morgan fingerprint density at radius 3 is 3.00 bits per heavy atom. The molecule has 17 heavy (non-hydrogen) atoms. The molecule has 2 aromatic rings. The summed E-state index contributed by atoms with van der Waals surface area (Å²) in [6, 6.07) is 5.66. The first-order valence-corrected chi connectivity index (χ1v) is 6.13. The second-order valence-corrected chi connectivity index (χ2v) is 4.87. The highest BCUT2D eigenvalue weighted by atomic mass is 19.1. The van der Waals surface area contributed by atoms with Crippen molar-refractivity contribution in [2.45, 2.75) is 25.3 Å². The number of benzene rings is 1. The monoisotopic (exact) mass is 232 g/mol. The molecule has 1 aromatic carbocycles. The first kappa shape index (κ1) is 10.8. The molecule has 0 amide bonds. The van der Waals surface area contributed by atoms with Crippen LogP contribution in [0.4, 0.5) is 4.39 Å². The first-order chi connectivity index (χ1) is 8.20. The Labute approximate surface area is 100 Å². The number of halogens is 1. The van der Waals surface area contributed by atoms with Crippen molar-refractivity contribution in [1.29, 1.82) is 0 Å². The summed E-state index contributed by atoms with van der Waals surface area (Å²) in [6.07, 6.45) is 3.22. The van der Waals surface area contributed by atoms with E-state index in [4.69, 9.17) is 0 Å². The normalized spacial score (nSPS) is 19.6. The summed E-state index contributed by atoms with van der Waals surface area (Å²) in [5.74, 6) is -0.137. The van der Waals surface area contributed by atoms with Gasteiger partial charge in [-0.2, -0.15) is 0 Å². The van der Waals surface area contributed by atoms with Crippen LogP contribution >= 0.6 is 0 Å². The lowest BCUT2D eigenvalue weighted by molar-refractivity contribution is 0.485. The standard InChI is InChI=1S/C14H17FN2/c1-16-10-4-5-11-12-7-9(15)3-6-13(12)17(2)14(11)8-10/h3,6-7,10,16H,4-5,8H2,1-2H3. The Hall–Kier alpha value is -1.35. The third-order valence-electron chi connectivity index (χ3n) is 3.99. The number of aryl methyl sites for hydroxylation is 2. The van der Waals surface area contributed by atoms with Crippen molar-refractivity contribution in [2.24, 2.45) is 7.05 Å². The van der Waals surface area contributed by atoms with Gasteiger partial charge in [-0.25, -0.2) is 4.39 Å². The van der Waals surface area contributed by atoms with Crippen LogP contribution in [0.25, 0.3) is 10.9 Å². The van der Waals surface area contributed by atoms with Crippen LogP contribution < -0.4 is 5.32 Å². The lowest BCUT2D eigenvalue weighted by atomic mass is 9.92. The van der Waals surface area contributed by atoms with E-state index in [9.17, 15) is 4.39 Å². The summed E-state index contributed by atoms with van der Waals surface area (Å²) < 4.78 is 15.6. The minimum absolute atomic E-state index is 0.137. The van der Waals surface area contributed by atoms with Gasteiger partial charge in [0.1, 0.15) is 5.82 Å². The van der Waals surface area contributed by atoms with E-state index in [0.29, 0.717) is 6.04 Å². The summed E-state index contributed by atoms with van der Waals surface area (Å²) in [4.78, 5) is 0. The van der Waals surface area contributed by atoms with E-state index in [-0.39, 0.29) is 5.82 Å². The minimum Gasteiger partial charge on any atom is -0.347 e. The molecule has 2 nitrogen and oxygen atoms in total. The predicted octanol–water partition coefficient (Wildman–Crippen LogP) is 2.39. The smallest absolute Gasteiger partial charge is 0.123 e. The van der Waals surface area contributed by atoms with Gasteiger partial charge in [0.05, 0.1) is 0 Å². The molecule has 0 saturated carbocycles. The van der Waals surface area contributed by atoms with E-state index in [1.165, 1.54) is 11.3 Å². The Balaban J connectivity index is 2.21. The van der Waals surface area contributed by atoms with Gasteiger partial charge in [-0.3, -0.25) is 0 Å². The molecule has 1 aliphatic carbocycles. The minimum atomic E-state index is -0.137. The molecule has 1 unspecified atom stereocenters. The lowest BCUT2D eigenvalue weighted by Gasteiger charge is -2.23. The predicted molar refractivity (Wildman–Crippen MR) is 67.7 cm³/mol. The second-order valence-electron chi connectivity index (χ2n) is 4.87. The average Bonchev–Trinajstić information content (AvgIpc) is 2.62. The van der Waals surface area contributed by atoms with Gasteiger partial charge >= 0.3 is 0 Å². The summed E-state index contributed by atoms with van der Waals surface area (Å²) in [6.45, 7) is 0. The van der Waals surface area contributed by atoms with Gasteiger partial charge in [-0.05, 0) is 43.7 Å². The molecule has 1 aliphatic rings. The number of rotatable bonds is 1. The summed E-state index contributed by atoms with van der Waals surface area (Å²) in [7, 11) is 4.09.